The fraction of sp³-hybridized carbons (Fsp3) is 0.300. The highest BCUT2D eigenvalue weighted by Crippen LogP contribution is 2.20. The fourth-order valence-corrected chi connectivity index (χ4v) is 3.00. The molecule has 1 aliphatic rings. The second-order valence-electron chi connectivity index (χ2n) is 6.17. The average Bonchev–Trinajstić information content (AvgIpc) is 2.63. The summed E-state index contributed by atoms with van der Waals surface area (Å²) in [7, 11) is 0. The molecule has 0 aromatic heterocycles. The second kappa shape index (κ2) is 7.94. The number of hydrogen-bond donors (Lipinski definition) is 1. The number of hydrogen-bond acceptors (Lipinski definition) is 3. The van der Waals surface area contributed by atoms with Gasteiger partial charge in [-0.05, 0) is 16.7 Å². The Kier molecular flexibility index (Phi) is 5.46. The van der Waals surface area contributed by atoms with E-state index in [9.17, 15) is 9.59 Å². The summed E-state index contributed by atoms with van der Waals surface area (Å²) >= 11 is 0. The van der Waals surface area contributed by atoms with Gasteiger partial charge < -0.3 is 14.7 Å². The van der Waals surface area contributed by atoms with Crippen LogP contribution in [-0.4, -0.2) is 47.7 Å². The van der Waals surface area contributed by atoms with E-state index in [-0.39, 0.29) is 12.3 Å². The molecule has 1 heterocycles. The molecule has 1 N–H and O–H groups in total. The molecule has 1 saturated heterocycles. The summed E-state index contributed by atoms with van der Waals surface area (Å²) in [5, 5.41) is 8.86. The lowest BCUT2D eigenvalue weighted by molar-refractivity contribution is -0.147. The van der Waals surface area contributed by atoms with Gasteiger partial charge >= 0.3 is 5.97 Å². The van der Waals surface area contributed by atoms with E-state index in [1.807, 2.05) is 42.5 Å². The molecule has 0 aliphatic carbocycles. The van der Waals surface area contributed by atoms with Crippen LogP contribution < -0.4 is 0 Å². The Labute approximate surface area is 146 Å². The van der Waals surface area contributed by atoms with Crippen LogP contribution in [0.25, 0.3) is 11.1 Å². The molecule has 0 radical (unpaired) electrons. The number of carbonyl (C=O) groups excluding carboxylic acids is 1. The summed E-state index contributed by atoms with van der Waals surface area (Å²) in [5.74, 6) is -0.901. The van der Waals surface area contributed by atoms with E-state index in [2.05, 4.69) is 12.1 Å². The lowest BCUT2D eigenvalue weighted by Crippen LogP contribution is -2.46. The van der Waals surface area contributed by atoms with Crippen LogP contribution in [0.2, 0.25) is 0 Å². The van der Waals surface area contributed by atoms with Gasteiger partial charge in [0.15, 0.2) is 0 Å². The molecular formula is C20H21NO4. The highest BCUT2D eigenvalue weighted by molar-refractivity contribution is 5.79. The number of ether oxygens (including phenoxy) is 1. The Hall–Kier alpha value is -2.66. The van der Waals surface area contributed by atoms with Gasteiger partial charge in [-0.25, -0.2) is 0 Å². The van der Waals surface area contributed by atoms with Gasteiger partial charge in [0, 0.05) is 13.1 Å². The van der Waals surface area contributed by atoms with Crippen LogP contribution in [0, 0.1) is 0 Å². The molecule has 2 aromatic carbocycles. The van der Waals surface area contributed by atoms with Gasteiger partial charge in [-0.2, -0.15) is 0 Å². The third-order valence-corrected chi connectivity index (χ3v) is 4.31. The molecule has 1 atom stereocenters. The van der Waals surface area contributed by atoms with Crippen molar-refractivity contribution in [2.24, 2.45) is 0 Å². The van der Waals surface area contributed by atoms with Crippen molar-refractivity contribution < 1.29 is 19.4 Å². The maximum atomic E-state index is 12.5. The molecule has 0 unspecified atom stereocenters. The Balaban J connectivity index is 1.60. The largest absolute Gasteiger partial charge is 0.481 e. The summed E-state index contributed by atoms with van der Waals surface area (Å²) in [5.41, 5.74) is 3.21. The molecule has 130 valence electrons. The zero-order valence-electron chi connectivity index (χ0n) is 13.9. The van der Waals surface area contributed by atoms with E-state index in [0.29, 0.717) is 26.1 Å². The van der Waals surface area contributed by atoms with Crippen molar-refractivity contribution in [1.82, 2.24) is 4.90 Å². The van der Waals surface area contributed by atoms with Crippen LogP contribution in [0.4, 0.5) is 0 Å². The normalized spacial score (nSPS) is 17.3. The molecule has 0 bridgehead atoms. The molecule has 5 heteroatoms. The molecule has 0 saturated carbocycles. The first-order valence-corrected chi connectivity index (χ1v) is 8.37. The summed E-state index contributed by atoms with van der Waals surface area (Å²) in [6.45, 7) is 1.24. The van der Waals surface area contributed by atoms with Crippen molar-refractivity contribution in [3.05, 3.63) is 60.2 Å². The highest BCUT2D eigenvalue weighted by Gasteiger charge is 2.25. The molecule has 3 rings (SSSR count). The van der Waals surface area contributed by atoms with Crippen molar-refractivity contribution in [3.8, 4) is 11.1 Å². The average molecular weight is 339 g/mol. The van der Waals surface area contributed by atoms with Crippen LogP contribution in [0.3, 0.4) is 0 Å². The molecule has 1 aliphatic heterocycles. The monoisotopic (exact) mass is 339 g/mol. The van der Waals surface area contributed by atoms with Crippen LogP contribution >= 0.6 is 0 Å². The lowest BCUT2D eigenvalue weighted by Gasteiger charge is -2.32. The highest BCUT2D eigenvalue weighted by atomic mass is 16.5. The minimum absolute atomic E-state index is 0.00569. The molecule has 2 aromatic rings. The van der Waals surface area contributed by atoms with E-state index in [1.165, 1.54) is 0 Å². The smallest absolute Gasteiger partial charge is 0.306 e. The quantitative estimate of drug-likeness (QED) is 0.909. The molecule has 1 amide bonds. The van der Waals surface area contributed by atoms with Crippen molar-refractivity contribution >= 4 is 11.9 Å². The Morgan fingerprint density at radius 1 is 1.04 bits per heavy atom. The lowest BCUT2D eigenvalue weighted by atomic mass is 10.0. The van der Waals surface area contributed by atoms with Crippen LogP contribution in [0.15, 0.2) is 54.6 Å². The standard InChI is InChI=1S/C20H21NO4/c22-19(21-10-11-25-18(14-21)13-20(23)24)12-15-6-8-17(9-7-15)16-4-2-1-3-5-16/h1-9,18H,10-14H2,(H,23,24)/t18-/m0/s1. The Morgan fingerprint density at radius 2 is 1.72 bits per heavy atom. The van der Waals surface area contributed by atoms with Crippen molar-refractivity contribution in [2.75, 3.05) is 19.7 Å². The SMILES string of the molecule is O=C(O)C[C@H]1CN(C(=O)Cc2ccc(-c3ccccc3)cc2)CCO1. The first-order valence-electron chi connectivity index (χ1n) is 8.37. The zero-order valence-corrected chi connectivity index (χ0v) is 13.9. The Morgan fingerprint density at radius 3 is 2.40 bits per heavy atom. The topological polar surface area (TPSA) is 66.8 Å². The second-order valence-corrected chi connectivity index (χ2v) is 6.17. The van der Waals surface area contributed by atoms with Gasteiger partial charge in [0.2, 0.25) is 5.91 Å². The first kappa shape index (κ1) is 17.2. The predicted octanol–water partition coefficient (Wildman–Crippen LogP) is 2.60. The third-order valence-electron chi connectivity index (χ3n) is 4.31. The summed E-state index contributed by atoms with van der Waals surface area (Å²) in [6, 6.07) is 18.1. The number of carbonyl (C=O) groups is 2. The molecular weight excluding hydrogens is 318 g/mol. The van der Waals surface area contributed by atoms with Crippen molar-refractivity contribution in [1.29, 1.82) is 0 Å². The number of benzene rings is 2. The van der Waals surface area contributed by atoms with Gasteiger partial charge in [0.25, 0.3) is 0 Å². The third kappa shape index (κ3) is 4.67. The minimum Gasteiger partial charge on any atom is -0.481 e. The number of nitrogens with zero attached hydrogens (tertiary/aromatic N) is 1. The van der Waals surface area contributed by atoms with Crippen LogP contribution in [0.1, 0.15) is 12.0 Å². The van der Waals surface area contributed by atoms with Crippen LogP contribution in [0.5, 0.6) is 0 Å². The van der Waals surface area contributed by atoms with Gasteiger partial charge in [0.05, 0.1) is 25.6 Å². The predicted molar refractivity (Wildman–Crippen MR) is 94.2 cm³/mol. The van der Waals surface area contributed by atoms with Gasteiger partial charge in [-0.3, -0.25) is 9.59 Å². The minimum atomic E-state index is -0.907. The summed E-state index contributed by atoms with van der Waals surface area (Å²) in [4.78, 5) is 25.0. The maximum absolute atomic E-state index is 12.5. The fourth-order valence-electron chi connectivity index (χ4n) is 3.00. The maximum Gasteiger partial charge on any atom is 0.306 e. The number of aliphatic carboxylic acids is 1. The van der Waals surface area contributed by atoms with E-state index in [4.69, 9.17) is 9.84 Å². The summed E-state index contributed by atoms with van der Waals surface area (Å²) in [6.07, 6.45) is -0.180. The first-order chi connectivity index (χ1) is 12.1. The van der Waals surface area contributed by atoms with E-state index < -0.39 is 12.1 Å². The van der Waals surface area contributed by atoms with Gasteiger partial charge in [-0.1, -0.05) is 54.6 Å². The van der Waals surface area contributed by atoms with Crippen molar-refractivity contribution in [3.63, 3.8) is 0 Å². The number of carboxylic acid groups (broad SMARTS) is 1. The Bertz CT molecular complexity index is 727. The molecule has 1 fully saturated rings. The van der Waals surface area contributed by atoms with E-state index in [0.717, 1.165) is 16.7 Å². The number of rotatable bonds is 5. The van der Waals surface area contributed by atoms with E-state index in [1.54, 1.807) is 4.90 Å². The van der Waals surface area contributed by atoms with Crippen molar-refractivity contribution in [2.45, 2.75) is 18.9 Å². The summed E-state index contributed by atoms with van der Waals surface area (Å²) < 4.78 is 5.41. The molecule has 5 nitrogen and oxygen atoms in total. The van der Waals surface area contributed by atoms with E-state index >= 15 is 0 Å². The number of amides is 1. The number of carboxylic acids is 1. The van der Waals surface area contributed by atoms with Gasteiger partial charge in [-0.15, -0.1) is 0 Å². The molecule has 0 spiro atoms. The van der Waals surface area contributed by atoms with Crippen LogP contribution in [-0.2, 0) is 20.7 Å². The zero-order chi connectivity index (χ0) is 17.6. The molecule has 25 heavy (non-hydrogen) atoms. The number of morpholine rings is 1. The van der Waals surface area contributed by atoms with Gasteiger partial charge in [0.1, 0.15) is 0 Å².